The fourth-order valence-corrected chi connectivity index (χ4v) is 2.27. The van der Waals surface area contributed by atoms with Crippen LogP contribution in [0.2, 0.25) is 5.02 Å². The van der Waals surface area contributed by atoms with E-state index in [-0.39, 0.29) is 11.8 Å². The summed E-state index contributed by atoms with van der Waals surface area (Å²) in [5.74, 6) is -0.529. The lowest BCUT2D eigenvalue weighted by Crippen LogP contribution is -2.49. The molecule has 5 heteroatoms. The summed E-state index contributed by atoms with van der Waals surface area (Å²) in [6.45, 7) is 0.351. The van der Waals surface area contributed by atoms with Crippen molar-refractivity contribution in [1.29, 1.82) is 0 Å². The molecular formula is C15H11ClN2O2. The van der Waals surface area contributed by atoms with Crippen molar-refractivity contribution in [3.63, 3.8) is 0 Å². The van der Waals surface area contributed by atoms with Crippen molar-refractivity contribution in [2.45, 2.75) is 6.54 Å². The van der Waals surface area contributed by atoms with Crippen LogP contribution in [0.25, 0.3) is 0 Å². The van der Waals surface area contributed by atoms with Gasteiger partial charge in [0.2, 0.25) is 0 Å². The molecule has 100 valence electrons. The number of hydrazine groups is 1. The van der Waals surface area contributed by atoms with Crippen molar-refractivity contribution < 1.29 is 9.59 Å². The van der Waals surface area contributed by atoms with Crippen LogP contribution in [-0.4, -0.2) is 16.8 Å². The van der Waals surface area contributed by atoms with E-state index in [9.17, 15) is 9.59 Å². The zero-order valence-electron chi connectivity index (χ0n) is 10.5. The molecule has 1 heterocycles. The zero-order valence-corrected chi connectivity index (χ0v) is 11.2. The van der Waals surface area contributed by atoms with Crippen LogP contribution in [0.4, 0.5) is 0 Å². The smallest absolute Gasteiger partial charge is 0.267 e. The quantitative estimate of drug-likeness (QED) is 0.876. The average molecular weight is 287 g/mol. The van der Waals surface area contributed by atoms with Gasteiger partial charge in [0.05, 0.1) is 6.54 Å². The topological polar surface area (TPSA) is 49.4 Å². The molecule has 0 unspecified atom stereocenters. The number of fused-ring (bicyclic) bond motifs is 1. The molecule has 0 fully saturated rings. The monoisotopic (exact) mass is 286 g/mol. The number of carbonyl (C=O) groups excluding carboxylic acids is 2. The first-order chi connectivity index (χ1) is 9.65. The Balaban J connectivity index is 1.88. The molecule has 0 atom stereocenters. The van der Waals surface area contributed by atoms with E-state index < -0.39 is 0 Å². The van der Waals surface area contributed by atoms with Crippen LogP contribution in [0, 0.1) is 0 Å². The Morgan fingerprint density at radius 2 is 1.80 bits per heavy atom. The maximum absolute atomic E-state index is 12.3. The van der Waals surface area contributed by atoms with Crippen LogP contribution in [0.3, 0.4) is 0 Å². The molecule has 2 amide bonds. The van der Waals surface area contributed by atoms with E-state index in [4.69, 9.17) is 11.6 Å². The molecule has 0 aromatic heterocycles. The normalized spacial score (nSPS) is 13.7. The minimum atomic E-state index is -0.269. The third-order valence-corrected chi connectivity index (χ3v) is 3.42. The Labute approximate surface area is 120 Å². The van der Waals surface area contributed by atoms with Gasteiger partial charge in [-0.05, 0) is 35.9 Å². The highest BCUT2D eigenvalue weighted by Crippen LogP contribution is 2.18. The number of carbonyl (C=O) groups is 2. The third-order valence-electron chi connectivity index (χ3n) is 3.16. The maximum Gasteiger partial charge on any atom is 0.272 e. The van der Waals surface area contributed by atoms with Gasteiger partial charge < -0.3 is 0 Å². The van der Waals surface area contributed by atoms with Gasteiger partial charge in [-0.2, -0.15) is 0 Å². The molecule has 1 aliphatic rings. The Morgan fingerprint density at radius 1 is 1.10 bits per heavy atom. The molecule has 0 saturated carbocycles. The van der Waals surface area contributed by atoms with Crippen molar-refractivity contribution in [2.24, 2.45) is 0 Å². The van der Waals surface area contributed by atoms with E-state index in [1.54, 1.807) is 36.4 Å². The Kier molecular flexibility index (Phi) is 3.16. The molecule has 20 heavy (non-hydrogen) atoms. The Bertz CT molecular complexity index is 683. The van der Waals surface area contributed by atoms with Gasteiger partial charge in [0.25, 0.3) is 11.8 Å². The molecular weight excluding hydrogens is 276 g/mol. The zero-order chi connectivity index (χ0) is 14.1. The molecule has 0 saturated heterocycles. The van der Waals surface area contributed by atoms with Crippen LogP contribution >= 0.6 is 11.6 Å². The minimum absolute atomic E-state index is 0.260. The number of benzene rings is 2. The number of amides is 2. The van der Waals surface area contributed by atoms with Crippen LogP contribution in [0.5, 0.6) is 0 Å². The van der Waals surface area contributed by atoms with E-state index in [0.717, 1.165) is 5.56 Å². The second-order valence-corrected chi connectivity index (χ2v) is 4.93. The standard InChI is InChI=1S/C15H11ClN2O2/c16-12-7-5-10(6-8-12)15(20)18-9-11-3-1-2-4-13(11)14(19)17-18/h1-8H,9H2,(H,17,19). The van der Waals surface area contributed by atoms with Gasteiger partial charge in [0, 0.05) is 16.1 Å². The van der Waals surface area contributed by atoms with Crippen LogP contribution in [-0.2, 0) is 6.54 Å². The second-order valence-electron chi connectivity index (χ2n) is 4.50. The van der Waals surface area contributed by atoms with E-state index in [0.29, 0.717) is 22.7 Å². The summed E-state index contributed by atoms with van der Waals surface area (Å²) in [6.07, 6.45) is 0. The first-order valence-electron chi connectivity index (χ1n) is 6.11. The number of rotatable bonds is 1. The fraction of sp³-hybridized carbons (Fsp3) is 0.0667. The van der Waals surface area contributed by atoms with Gasteiger partial charge in [-0.3, -0.25) is 15.0 Å². The number of hydrogen-bond acceptors (Lipinski definition) is 2. The molecule has 4 nitrogen and oxygen atoms in total. The van der Waals surface area contributed by atoms with Crippen LogP contribution < -0.4 is 5.43 Å². The molecule has 2 aromatic rings. The molecule has 0 bridgehead atoms. The number of hydrogen-bond donors (Lipinski definition) is 1. The summed E-state index contributed by atoms with van der Waals surface area (Å²) >= 11 is 5.80. The summed E-state index contributed by atoms with van der Waals surface area (Å²) < 4.78 is 0. The van der Waals surface area contributed by atoms with Crippen molar-refractivity contribution in [3.05, 3.63) is 70.2 Å². The van der Waals surface area contributed by atoms with Crippen molar-refractivity contribution in [3.8, 4) is 0 Å². The predicted octanol–water partition coefficient (Wildman–Crippen LogP) is 2.64. The first kappa shape index (κ1) is 12.7. The molecule has 1 N–H and O–H groups in total. The van der Waals surface area contributed by atoms with Crippen molar-refractivity contribution >= 4 is 23.4 Å². The SMILES string of the molecule is O=C1NN(C(=O)c2ccc(Cl)cc2)Cc2ccccc21. The molecule has 3 rings (SSSR count). The Hall–Kier alpha value is -2.33. The predicted molar refractivity (Wildman–Crippen MR) is 75.2 cm³/mol. The summed E-state index contributed by atoms with van der Waals surface area (Å²) in [6, 6.07) is 13.8. The summed E-state index contributed by atoms with van der Waals surface area (Å²) in [5, 5.41) is 1.88. The summed E-state index contributed by atoms with van der Waals surface area (Å²) in [5.41, 5.74) is 4.51. The lowest BCUT2D eigenvalue weighted by atomic mass is 10.0. The van der Waals surface area contributed by atoms with E-state index >= 15 is 0 Å². The van der Waals surface area contributed by atoms with Crippen LogP contribution in [0.1, 0.15) is 26.3 Å². The average Bonchev–Trinajstić information content (AvgIpc) is 2.47. The highest BCUT2D eigenvalue weighted by molar-refractivity contribution is 6.30. The lowest BCUT2D eigenvalue weighted by molar-refractivity contribution is 0.0539. The van der Waals surface area contributed by atoms with Crippen molar-refractivity contribution in [2.75, 3.05) is 0 Å². The lowest BCUT2D eigenvalue weighted by Gasteiger charge is -2.29. The first-order valence-corrected chi connectivity index (χ1v) is 6.49. The van der Waals surface area contributed by atoms with Crippen LogP contribution in [0.15, 0.2) is 48.5 Å². The summed E-state index contributed by atoms with van der Waals surface area (Å²) in [4.78, 5) is 24.3. The van der Waals surface area contributed by atoms with E-state index in [2.05, 4.69) is 5.43 Å². The highest BCUT2D eigenvalue weighted by atomic mass is 35.5. The van der Waals surface area contributed by atoms with E-state index in [1.165, 1.54) is 5.01 Å². The fourth-order valence-electron chi connectivity index (χ4n) is 2.14. The maximum atomic E-state index is 12.3. The highest BCUT2D eigenvalue weighted by Gasteiger charge is 2.26. The molecule has 0 spiro atoms. The minimum Gasteiger partial charge on any atom is -0.267 e. The molecule has 0 aliphatic carbocycles. The van der Waals surface area contributed by atoms with Gasteiger partial charge in [-0.1, -0.05) is 29.8 Å². The molecule has 0 radical (unpaired) electrons. The van der Waals surface area contributed by atoms with Gasteiger partial charge in [-0.15, -0.1) is 0 Å². The van der Waals surface area contributed by atoms with Crippen molar-refractivity contribution in [1.82, 2.24) is 10.4 Å². The molecule has 2 aromatic carbocycles. The van der Waals surface area contributed by atoms with Gasteiger partial charge in [0.15, 0.2) is 0 Å². The second kappa shape index (κ2) is 4.98. The van der Waals surface area contributed by atoms with Gasteiger partial charge >= 0.3 is 0 Å². The third kappa shape index (κ3) is 2.26. The largest absolute Gasteiger partial charge is 0.272 e. The van der Waals surface area contributed by atoms with Gasteiger partial charge in [0.1, 0.15) is 0 Å². The van der Waals surface area contributed by atoms with E-state index in [1.807, 2.05) is 12.1 Å². The molecule has 1 aliphatic heterocycles. The Morgan fingerprint density at radius 3 is 2.55 bits per heavy atom. The number of nitrogens with zero attached hydrogens (tertiary/aromatic N) is 1. The summed E-state index contributed by atoms with van der Waals surface area (Å²) in [7, 11) is 0. The number of halogens is 1. The van der Waals surface area contributed by atoms with Gasteiger partial charge in [-0.25, -0.2) is 5.01 Å². The number of nitrogens with one attached hydrogen (secondary N) is 1.